The molecule has 0 heteroatoms. The molecule has 0 heterocycles. The minimum Gasteiger partial charge on any atom is -0.0651 e. The average Bonchev–Trinajstić information content (AvgIpc) is 2.15. The van der Waals surface area contributed by atoms with Crippen molar-refractivity contribution in [3.05, 3.63) is 0 Å². The topological polar surface area (TPSA) is 0 Å². The van der Waals surface area contributed by atoms with Gasteiger partial charge in [0, 0.05) is 0 Å². The summed E-state index contributed by atoms with van der Waals surface area (Å²) in [6.07, 6.45) is 10.5. The molecular weight excluding hydrogens is 156 g/mol. The van der Waals surface area contributed by atoms with Crippen LogP contribution in [-0.4, -0.2) is 0 Å². The van der Waals surface area contributed by atoms with Crippen LogP contribution < -0.4 is 0 Å². The quantitative estimate of drug-likeness (QED) is 0.604. The van der Waals surface area contributed by atoms with Crippen molar-refractivity contribution in [2.24, 2.45) is 16.7 Å². The molecule has 0 aromatic carbocycles. The van der Waals surface area contributed by atoms with Crippen molar-refractivity contribution >= 4 is 0 Å². The Labute approximate surface area is 83.1 Å². The summed E-state index contributed by atoms with van der Waals surface area (Å²) < 4.78 is 0. The SMILES string of the molecule is CCC(C)C12CCCC(CC)(C1)C2. The number of hydrogen-bond donors (Lipinski definition) is 0. The van der Waals surface area contributed by atoms with Crippen LogP contribution in [-0.2, 0) is 0 Å². The van der Waals surface area contributed by atoms with E-state index in [0.717, 1.165) is 16.7 Å². The predicted molar refractivity (Wildman–Crippen MR) is 57.7 cm³/mol. The number of fused-ring (bicyclic) bond motifs is 2. The maximum absolute atomic E-state index is 2.48. The molecule has 13 heavy (non-hydrogen) atoms. The highest BCUT2D eigenvalue weighted by atomic mass is 14.6. The maximum atomic E-state index is 2.48. The molecular formula is C13H24. The van der Waals surface area contributed by atoms with Crippen LogP contribution in [0.1, 0.15) is 65.7 Å². The Morgan fingerprint density at radius 3 is 2.38 bits per heavy atom. The van der Waals surface area contributed by atoms with E-state index >= 15 is 0 Å². The van der Waals surface area contributed by atoms with Gasteiger partial charge in [0.25, 0.3) is 0 Å². The van der Waals surface area contributed by atoms with E-state index in [-0.39, 0.29) is 0 Å². The zero-order valence-corrected chi connectivity index (χ0v) is 9.53. The van der Waals surface area contributed by atoms with E-state index < -0.39 is 0 Å². The van der Waals surface area contributed by atoms with Crippen LogP contribution in [0.25, 0.3) is 0 Å². The third kappa shape index (κ3) is 1.25. The van der Waals surface area contributed by atoms with Crippen molar-refractivity contribution in [1.82, 2.24) is 0 Å². The van der Waals surface area contributed by atoms with Crippen LogP contribution in [0.3, 0.4) is 0 Å². The molecule has 0 radical (unpaired) electrons. The summed E-state index contributed by atoms with van der Waals surface area (Å²) in [7, 11) is 0. The Bertz CT molecular complexity index is 186. The van der Waals surface area contributed by atoms with Gasteiger partial charge in [-0.05, 0) is 42.4 Å². The Balaban J connectivity index is 2.05. The minimum absolute atomic E-state index is 0.795. The summed E-state index contributed by atoms with van der Waals surface area (Å²) in [4.78, 5) is 0. The first-order chi connectivity index (χ1) is 6.16. The van der Waals surface area contributed by atoms with Crippen molar-refractivity contribution in [1.29, 1.82) is 0 Å². The zero-order chi connectivity index (χ0) is 9.53. The van der Waals surface area contributed by atoms with Crippen molar-refractivity contribution in [3.63, 3.8) is 0 Å². The Kier molecular flexibility index (Phi) is 2.20. The first kappa shape index (κ1) is 9.55. The van der Waals surface area contributed by atoms with Gasteiger partial charge in [-0.1, -0.05) is 40.0 Å². The van der Waals surface area contributed by atoms with Crippen LogP contribution in [0.15, 0.2) is 0 Å². The average molecular weight is 180 g/mol. The van der Waals surface area contributed by atoms with Gasteiger partial charge in [0.2, 0.25) is 0 Å². The third-order valence-corrected chi connectivity index (χ3v) is 5.24. The summed E-state index contributed by atoms with van der Waals surface area (Å²) in [6.45, 7) is 7.23. The molecule has 3 aliphatic carbocycles. The third-order valence-electron chi connectivity index (χ3n) is 5.24. The van der Waals surface area contributed by atoms with E-state index in [0.29, 0.717) is 0 Å². The smallest absolute Gasteiger partial charge is 0.0261 e. The number of rotatable bonds is 3. The summed E-state index contributed by atoms with van der Waals surface area (Å²) >= 11 is 0. The van der Waals surface area contributed by atoms with Gasteiger partial charge >= 0.3 is 0 Å². The normalized spacial score (nSPS) is 45.5. The van der Waals surface area contributed by atoms with Crippen molar-refractivity contribution in [3.8, 4) is 0 Å². The van der Waals surface area contributed by atoms with E-state index in [1.54, 1.807) is 12.8 Å². The monoisotopic (exact) mass is 180 g/mol. The van der Waals surface area contributed by atoms with Gasteiger partial charge in [-0.2, -0.15) is 0 Å². The Hall–Kier alpha value is 0. The first-order valence-electron chi connectivity index (χ1n) is 6.16. The highest BCUT2D eigenvalue weighted by molar-refractivity contribution is 5.07. The van der Waals surface area contributed by atoms with Crippen molar-refractivity contribution in [2.75, 3.05) is 0 Å². The molecule has 0 aromatic heterocycles. The molecule has 1 atom stereocenters. The van der Waals surface area contributed by atoms with Crippen LogP contribution in [0, 0.1) is 16.7 Å². The molecule has 0 amide bonds. The molecule has 0 nitrogen and oxygen atoms in total. The van der Waals surface area contributed by atoms with Gasteiger partial charge in [0.1, 0.15) is 0 Å². The molecule has 3 fully saturated rings. The van der Waals surface area contributed by atoms with Gasteiger partial charge in [-0.15, -0.1) is 0 Å². The molecule has 0 spiro atoms. The molecule has 0 aliphatic heterocycles. The summed E-state index contributed by atoms with van der Waals surface area (Å²) in [5, 5.41) is 0. The fraction of sp³-hybridized carbons (Fsp3) is 1.00. The van der Waals surface area contributed by atoms with Gasteiger partial charge in [0.05, 0.1) is 0 Å². The zero-order valence-electron chi connectivity index (χ0n) is 9.53. The molecule has 3 aliphatic rings. The molecule has 2 bridgehead atoms. The lowest BCUT2D eigenvalue weighted by molar-refractivity contribution is -0.129. The lowest BCUT2D eigenvalue weighted by Crippen LogP contribution is -2.53. The van der Waals surface area contributed by atoms with E-state index in [1.165, 1.54) is 32.1 Å². The van der Waals surface area contributed by atoms with E-state index in [1.807, 2.05) is 0 Å². The minimum atomic E-state index is 0.795. The van der Waals surface area contributed by atoms with Gasteiger partial charge < -0.3 is 0 Å². The van der Waals surface area contributed by atoms with Crippen LogP contribution in [0.2, 0.25) is 0 Å². The summed E-state index contributed by atoms with van der Waals surface area (Å²) in [5.74, 6) is 0.979. The van der Waals surface area contributed by atoms with Crippen molar-refractivity contribution < 1.29 is 0 Å². The molecule has 1 unspecified atom stereocenters. The van der Waals surface area contributed by atoms with Crippen molar-refractivity contribution in [2.45, 2.75) is 65.7 Å². The fourth-order valence-corrected chi connectivity index (χ4v) is 4.07. The van der Waals surface area contributed by atoms with Gasteiger partial charge in [-0.3, -0.25) is 0 Å². The van der Waals surface area contributed by atoms with Crippen LogP contribution in [0.4, 0.5) is 0 Å². The second kappa shape index (κ2) is 3.00. The molecule has 0 aromatic rings. The van der Waals surface area contributed by atoms with E-state index in [4.69, 9.17) is 0 Å². The molecule has 0 N–H and O–H groups in total. The molecule has 3 rings (SSSR count). The largest absolute Gasteiger partial charge is 0.0651 e. The second-order valence-corrected chi connectivity index (χ2v) is 5.73. The molecule has 3 saturated carbocycles. The Morgan fingerprint density at radius 1 is 1.15 bits per heavy atom. The number of hydrogen-bond acceptors (Lipinski definition) is 0. The lowest BCUT2D eigenvalue weighted by atomic mass is 9.41. The maximum Gasteiger partial charge on any atom is -0.0261 e. The standard InChI is InChI=1S/C13H24/c1-4-11(3)13-8-6-7-12(5-2,9-13)10-13/h11H,4-10H2,1-3H3. The van der Waals surface area contributed by atoms with Crippen LogP contribution in [0.5, 0.6) is 0 Å². The highest BCUT2D eigenvalue weighted by Gasteiger charge is 2.57. The lowest BCUT2D eigenvalue weighted by Gasteiger charge is -2.63. The first-order valence-corrected chi connectivity index (χ1v) is 6.16. The molecule has 76 valence electrons. The van der Waals surface area contributed by atoms with Gasteiger partial charge in [0.15, 0.2) is 0 Å². The predicted octanol–water partition coefficient (Wildman–Crippen LogP) is 4.39. The van der Waals surface area contributed by atoms with Gasteiger partial charge in [-0.25, -0.2) is 0 Å². The summed E-state index contributed by atoms with van der Waals surface area (Å²) in [6, 6.07) is 0. The van der Waals surface area contributed by atoms with E-state index in [2.05, 4.69) is 20.8 Å². The highest BCUT2D eigenvalue weighted by Crippen LogP contribution is 2.68. The second-order valence-electron chi connectivity index (χ2n) is 5.73. The fourth-order valence-electron chi connectivity index (χ4n) is 4.07. The molecule has 0 saturated heterocycles. The Morgan fingerprint density at radius 2 is 1.85 bits per heavy atom. The summed E-state index contributed by atoms with van der Waals surface area (Å²) in [5.41, 5.74) is 1.60. The van der Waals surface area contributed by atoms with E-state index in [9.17, 15) is 0 Å². The van der Waals surface area contributed by atoms with Crippen LogP contribution >= 0.6 is 0 Å².